The van der Waals surface area contributed by atoms with Gasteiger partial charge in [-0.25, -0.2) is 4.79 Å². The first-order valence-corrected chi connectivity index (χ1v) is 10.7. The Bertz CT molecular complexity index is 1040. The molecule has 0 heterocycles. The summed E-state index contributed by atoms with van der Waals surface area (Å²) in [5, 5.41) is 0. The van der Waals surface area contributed by atoms with Crippen LogP contribution in [0.25, 0.3) is 0 Å². The minimum atomic E-state index is -0.563. The minimum Gasteiger partial charge on any atom is -0.492 e. The molecule has 8 heteroatoms. The Morgan fingerprint density at radius 2 is 1.35 bits per heavy atom. The summed E-state index contributed by atoms with van der Waals surface area (Å²) in [4.78, 5) is 12.9. The van der Waals surface area contributed by atoms with E-state index in [1.165, 1.54) is 21.3 Å². The normalized spacial score (nSPS) is 10.4. The number of hydrogen-bond acceptors (Lipinski definition) is 6. The Kier molecular flexibility index (Phi) is 7.81. The third-order valence-corrected chi connectivity index (χ3v) is 5.83. The van der Waals surface area contributed by atoms with Crippen LogP contribution in [0.15, 0.2) is 63.5 Å². The number of benzene rings is 3. The van der Waals surface area contributed by atoms with Gasteiger partial charge in [0.2, 0.25) is 5.75 Å². The van der Waals surface area contributed by atoms with Gasteiger partial charge < -0.3 is 23.7 Å². The van der Waals surface area contributed by atoms with Gasteiger partial charge in [-0.1, -0.05) is 30.3 Å². The predicted molar refractivity (Wildman–Crippen MR) is 124 cm³/mol. The summed E-state index contributed by atoms with van der Waals surface area (Å²) in [6.45, 7) is 0.0559. The van der Waals surface area contributed by atoms with E-state index in [9.17, 15) is 4.79 Å². The van der Waals surface area contributed by atoms with Crippen molar-refractivity contribution in [1.29, 1.82) is 0 Å². The van der Waals surface area contributed by atoms with E-state index in [1.807, 2.05) is 54.6 Å². The highest BCUT2D eigenvalue weighted by atomic mass is 79.9. The number of para-hydroxylation sites is 1. The molecule has 0 aliphatic heterocycles. The van der Waals surface area contributed by atoms with Crippen molar-refractivity contribution in [2.75, 3.05) is 21.3 Å². The Balaban J connectivity index is 1.81. The van der Waals surface area contributed by atoms with Crippen molar-refractivity contribution in [1.82, 2.24) is 0 Å². The molecule has 0 saturated heterocycles. The maximum absolute atomic E-state index is 12.9. The maximum atomic E-state index is 12.9. The maximum Gasteiger partial charge on any atom is 0.341 e. The standard InChI is InChI=1S/C23H20Br2O6/c1-27-20-18(24)17(19(25)21(28-2)22(20)29-3)23(26)30-13-14-8-7-11-16(12-14)31-15-9-5-4-6-10-15/h4-12H,13H2,1-3H3. The summed E-state index contributed by atoms with van der Waals surface area (Å²) in [5.74, 6) is 1.82. The van der Waals surface area contributed by atoms with Crippen LogP contribution < -0.4 is 18.9 Å². The molecule has 0 amide bonds. The fraction of sp³-hybridized carbons (Fsp3) is 0.174. The molecule has 162 valence electrons. The number of halogens is 2. The molecular formula is C23H20Br2O6. The van der Waals surface area contributed by atoms with Crippen LogP contribution in [0.5, 0.6) is 28.7 Å². The van der Waals surface area contributed by atoms with Crippen LogP contribution in [0.4, 0.5) is 0 Å². The monoisotopic (exact) mass is 550 g/mol. The quantitative estimate of drug-likeness (QED) is 0.302. The van der Waals surface area contributed by atoms with Crippen LogP contribution in [0.1, 0.15) is 15.9 Å². The number of methoxy groups -OCH3 is 3. The summed E-state index contributed by atoms with van der Waals surface area (Å²) < 4.78 is 28.3. The van der Waals surface area contributed by atoms with Crippen LogP contribution in [0, 0.1) is 0 Å². The Morgan fingerprint density at radius 1 is 0.774 bits per heavy atom. The van der Waals surface area contributed by atoms with Crippen molar-refractivity contribution >= 4 is 37.8 Å². The fourth-order valence-corrected chi connectivity index (χ4v) is 4.57. The zero-order valence-corrected chi connectivity index (χ0v) is 20.3. The average molecular weight is 552 g/mol. The fourth-order valence-electron chi connectivity index (χ4n) is 2.90. The molecule has 0 unspecified atom stereocenters. The van der Waals surface area contributed by atoms with Gasteiger partial charge in [0.05, 0.1) is 35.8 Å². The van der Waals surface area contributed by atoms with E-state index in [2.05, 4.69) is 31.9 Å². The molecule has 0 aromatic heterocycles. The summed E-state index contributed by atoms with van der Waals surface area (Å²) in [6.07, 6.45) is 0. The number of rotatable bonds is 8. The van der Waals surface area contributed by atoms with Crippen molar-refractivity contribution < 1.29 is 28.5 Å². The zero-order chi connectivity index (χ0) is 22.4. The van der Waals surface area contributed by atoms with E-state index in [0.717, 1.165) is 11.3 Å². The molecule has 3 aromatic rings. The van der Waals surface area contributed by atoms with E-state index in [-0.39, 0.29) is 12.2 Å². The lowest BCUT2D eigenvalue weighted by Crippen LogP contribution is -2.10. The highest BCUT2D eigenvalue weighted by Gasteiger charge is 2.28. The van der Waals surface area contributed by atoms with E-state index in [1.54, 1.807) is 0 Å². The highest BCUT2D eigenvalue weighted by molar-refractivity contribution is 9.11. The summed E-state index contributed by atoms with van der Waals surface area (Å²) in [5.41, 5.74) is 1.01. The van der Waals surface area contributed by atoms with Gasteiger partial charge >= 0.3 is 5.97 Å². The van der Waals surface area contributed by atoms with Gasteiger partial charge in [-0.3, -0.25) is 0 Å². The lowest BCUT2D eigenvalue weighted by molar-refractivity contribution is 0.0469. The van der Waals surface area contributed by atoms with Crippen LogP contribution in [-0.2, 0) is 11.3 Å². The molecule has 0 aliphatic carbocycles. The van der Waals surface area contributed by atoms with E-state index < -0.39 is 5.97 Å². The largest absolute Gasteiger partial charge is 0.492 e. The van der Waals surface area contributed by atoms with Crippen molar-refractivity contribution in [2.45, 2.75) is 6.61 Å². The van der Waals surface area contributed by atoms with Crippen LogP contribution >= 0.6 is 31.9 Å². The molecule has 0 N–H and O–H groups in total. The topological polar surface area (TPSA) is 63.2 Å². The lowest BCUT2D eigenvalue weighted by Gasteiger charge is -2.18. The van der Waals surface area contributed by atoms with Gasteiger partial charge in [-0.05, 0) is 61.7 Å². The number of hydrogen-bond donors (Lipinski definition) is 0. The second kappa shape index (κ2) is 10.5. The van der Waals surface area contributed by atoms with Gasteiger partial charge in [-0.15, -0.1) is 0 Å². The molecule has 6 nitrogen and oxygen atoms in total. The van der Waals surface area contributed by atoms with Gasteiger partial charge in [0.25, 0.3) is 0 Å². The molecule has 0 aliphatic rings. The Hall–Kier alpha value is -2.71. The number of carbonyl (C=O) groups is 1. The van der Waals surface area contributed by atoms with Crippen molar-refractivity contribution in [3.8, 4) is 28.7 Å². The number of ether oxygens (including phenoxy) is 5. The van der Waals surface area contributed by atoms with E-state index in [0.29, 0.717) is 31.9 Å². The first-order valence-electron chi connectivity index (χ1n) is 9.16. The molecule has 0 saturated carbocycles. The molecule has 31 heavy (non-hydrogen) atoms. The second-order valence-electron chi connectivity index (χ2n) is 6.24. The van der Waals surface area contributed by atoms with E-state index >= 15 is 0 Å². The smallest absolute Gasteiger partial charge is 0.341 e. The zero-order valence-electron chi connectivity index (χ0n) is 17.1. The van der Waals surface area contributed by atoms with Crippen LogP contribution in [-0.4, -0.2) is 27.3 Å². The van der Waals surface area contributed by atoms with E-state index in [4.69, 9.17) is 23.7 Å². The first kappa shape index (κ1) is 23.0. The number of carbonyl (C=O) groups excluding carboxylic acids is 1. The van der Waals surface area contributed by atoms with Crippen molar-refractivity contribution in [3.63, 3.8) is 0 Å². The molecule has 0 bridgehead atoms. The number of esters is 1. The van der Waals surface area contributed by atoms with Crippen molar-refractivity contribution in [2.24, 2.45) is 0 Å². The first-order chi connectivity index (χ1) is 15.0. The molecule has 0 radical (unpaired) electrons. The van der Waals surface area contributed by atoms with Gasteiger partial charge in [0.1, 0.15) is 18.1 Å². The van der Waals surface area contributed by atoms with Gasteiger partial charge in [0, 0.05) is 0 Å². The molecule has 0 spiro atoms. The SMILES string of the molecule is COc1c(Br)c(C(=O)OCc2cccc(Oc3ccccc3)c2)c(Br)c(OC)c1OC. The summed E-state index contributed by atoms with van der Waals surface area (Å²) in [7, 11) is 4.44. The molecular weight excluding hydrogens is 532 g/mol. The summed E-state index contributed by atoms with van der Waals surface area (Å²) in [6, 6.07) is 16.8. The Morgan fingerprint density at radius 3 is 1.94 bits per heavy atom. The van der Waals surface area contributed by atoms with Crippen LogP contribution in [0.3, 0.4) is 0 Å². The second-order valence-corrected chi connectivity index (χ2v) is 7.83. The van der Waals surface area contributed by atoms with Gasteiger partial charge in [0.15, 0.2) is 11.5 Å². The summed E-state index contributed by atoms with van der Waals surface area (Å²) >= 11 is 6.82. The minimum absolute atomic E-state index is 0.0559. The van der Waals surface area contributed by atoms with Crippen LogP contribution in [0.2, 0.25) is 0 Å². The van der Waals surface area contributed by atoms with Gasteiger partial charge in [-0.2, -0.15) is 0 Å². The molecule has 3 rings (SSSR count). The predicted octanol–water partition coefficient (Wildman–Crippen LogP) is 6.39. The molecule has 0 fully saturated rings. The highest BCUT2D eigenvalue weighted by Crippen LogP contribution is 2.50. The molecule has 3 aromatic carbocycles. The Labute approximate surface area is 197 Å². The third-order valence-electron chi connectivity index (χ3n) is 4.31. The average Bonchev–Trinajstić information content (AvgIpc) is 2.78. The molecule has 0 atom stereocenters. The van der Waals surface area contributed by atoms with Crippen molar-refractivity contribution in [3.05, 3.63) is 74.7 Å². The third kappa shape index (κ3) is 5.14. The lowest BCUT2D eigenvalue weighted by atomic mass is 10.1.